The van der Waals surface area contributed by atoms with E-state index in [0.29, 0.717) is 38.5 Å². The number of ether oxygens (including phenoxy) is 1. The van der Waals surface area contributed by atoms with Crippen LogP contribution in [0.1, 0.15) is 21.5 Å². The Labute approximate surface area is 199 Å². The van der Waals surface area contributed by atoms with Crippen molar-refractivity contribution in [3.63, 3.8) is 0 Å². The molecule has 3 heterocycles. The number of carbonyl (C=O) groups excluding carboxylic acids is 1. The average Bonchev–Trinajstić information content (AvgIpc) is 2.89. The molecule has 0 saturated carbocycles. The lowest BCUT2D eigenvalue weighted by Crippen LogP contribution is -2.36. The standard InChI is InChI=1S/C25H26N4O4S/c30-25(27-24-9-8-22(17-26-24)28-12-14-33-15-13-28)20-6-3-7-23(16-20)34(31,32)29-11-10-19-4-1-2-5-21(19)18-29/h1-9,16-17H,10-15,18H2,(H,26,27,30). The monoisotopic (exact) mass is 478 g/mol. The Hall–Kier alpha value is -3.27. The lowest BCUT2D eigenvalue weighted by Gasteiger charge is -2.28. The van der Waals surface area contributed by atoms with E-state index >= 15 is 0 Å². The third kappa shape index (κ3) is 4.68. The van der Waals surface area contributed by atoms with Crippen LogP contribution in [0, 0.1) is 0 Å². The number of hydrogen-bond donors (Lipinski definition) is 1. The number of fused-ring (bicyclic) bond motifs is 1. The van der Waals surface area contributed by atoms with Crippen LogP contribution >= 0.6 is 0 Å². The molecule has 2 aliphatic heterocycles. The molecule has 2 aliphatic rings. The van der Waals surface area contributed by atoms with Crippen LogP contribution in [0.25, 0.3) is 0 Å². The number of nitrogens with zero attached hydrogens (tertiary/aromatic N) is 3. The van der Waals surface area contributed by atoms with Gasteiger partial charge in [-0.2, -0.15) is 4.31 Å². The molecular formula is C25H26N4O4S. The lowest BCUT2D eigenvalue weighted by molar-refractivity contribution is 0.102. The summed E-state index contributed by atoms with van der Waals surface area (Å²) in [6, 6.07) is 17.7. The van der Waals surface area contributed by atoms with Gasteiger partial charge in [0.15, 0.2) is 0 Å². The zero-order valence-electron chi connectivity index (χ0n) is 18.7. The van der Waals surface area contributed by atoms with Crippen LogP contribution in [0.5, 0.6) is 0 Å². The van der Waals surface area contributed by atoms with Crippen molar-refractivity contribution in [1.29, 1.82) is 0 Å². The first-order valence-corrected chi connectivity index (χ1v) is 12.7. The summed E-state index contributed by atoms with van der Waals surface area (Å²) in [5.41, 5.74) is 3.42. The molecular weight excluding hydrogens is 452 g/mol. The molecule has 1 aromatic heterocycles. The minimum Gasteiger partial charge on any atom is -0.378 e. The van der Waals surface area contributed by atoms with Gasteiger partial charge >= 0.3 is 0 Å². The van der Waals surface area contributed by atoms with Gasteiger partial charge in [0.25, 0.3) is 5.91 Å². The number of sulfonamides is 1. The summed E-state index contributed by atoms with van der Waals surface area (Å²) in [4.78, 5) is 19.5. The maximum absolute atomic E-state index is 13.3. The highest BCUT2D eigenvalue weighted by molar-refractivity contribution is 7.89. The molecule has 8 nitrogen and oxygen atoms in total. The molecule has 1 saturated heterocycles. The summed E-state index contributed by atoms with van der Waals surface area (Å²) >= 11 is 0. The van der Waals surface area contributed by atoms with E-state index in [1.165, 1.54) is 22.0 Å². The normalized spacial score (nSPS) is 16.6. The molecule has 34 heavy (non-hydrogen) atoms. The van der Waals surface area contributed by atoms with Crippen molar-refractivity contribution in [1.82, 2.24) is 9.29 Å². The van der Waals surface area contributed by atoms with E-state index in [9.17, 15) is 13.2 Å². The summed E-state index contributed by atoms with van der Waals surface area (Å²) < 4.78 is 33.4. The molecule has 1 fully saturated rings. The van der Waals surface area contributed by atoms with Crippen molar-refractivity contribution in [2.24, 2.45) is 0 Å². The van der Waals surface area contributed by atoms with Crippen LogP contribution < -0.4 is 10.2 Å². The van der Waals surface area contributed by atoms with Crippen molar-refractivity contribution >= 4 is 27.4 Å². The van der Waals surface area contributed by atoms with Gasteiger partial charge in [-0.15, -0.1) is 0 Å². The number of aromatic nitrogens is 1. The van der Waals surface area contributed by atoms with Crippen LogP contribution in [0.3, 0.4) is 0 Å². The third-order valence-corrected chi connectivity index (χ3v) is 8.04. The predicted octanol–water partition coefficient (Wildman–Crippen LogP) is 2.92. The molecule has 5 rings (SSSR count). The van der Waals surface area contributed by atoms with Crippen molar-refractivity contribution < 1.29 is 17.9 Å². The lowest BCUT2D eigenvalue weighted by atomic mass is 10.0. The van der Waals surface area contributed by atoms with E-state index in [-0.39, 0.29) is 10.5 Å². The van der Waals surface area contributed by atoms with Crippen molar-refractivity contribution in [2.45, 2.75) is 17.9 Å². The van der Waals surface area contributed by atoms with Gasteiger partial charge in [-0.25, -0.2) is 13.4 Å². The summed E-state index contributed by atoms with van der Waals surface area (Å²) in [7, 11) is -3.73. The Morgan fingerprint density at radius 2 is 1.74 bits per heavy atom. The molecule has 176 valence electrons. The van der Waals surface area contributed by atoms with E-state index in [1.807, 2.05) is 30.3 Å². The SMILES string of the molecule is O=C(Nc1ccc(N2CCOCC2)cn1)c1cccc(S(=O)(=O)N2CCc3ccccc3C2)c1. The summed E-state index contributed by atoms with van der Waals surface area (Å²) in [5.74, 6) is -0.00410. The van der Waals surface area contributed by atoms with Crippen molar-refractivity contribution in [3.05, 3.63) is 83.6 Å². The second-order valence-electron chi connectivity index (χ2n) is 8.34. The molecule has 0 spiro atoms. The zero-order valence-corrected chi connectivity index (χ0v) is 19.5. The van der Waals surface area contributed by atoms with Crippen LogP contribution in [0.15, 0.2) is 71.8 Å². The van der Waals surface area contributed by atoms with E-state index in [4.69, 9.17) is 4.74 Å². The Balaban J connectivity index is 1.29. The predicted molar refractivity (Wildman–Crippen MR) is 129 cm³/mol. The van der Waals surface area contributed by atoms with Gasteiger partial charge in [0.1, 0.15) is 5.82 Å². The first-order valence-electron chi connectivity index (χ1n) is 11.3. The number of rotatable bonds is 5. The van der Waals surface area contributed by atoms with E-state index < -0.39 is 15.9 Å². The smallest absolute Gasteiger partial charge is 0.256 e. The number of amides is 1. The van der Waals surface area contributed by atoms with Crippen LogP contribution in [-0.2, 0) is 27.7 Å². The zero-order chi connectivity index (χ0) is 23.5. The molecule has 9 heteroatoms. The molecule has 0 radical (unpaired) electrons. The van der Waals surface area contributed by atoms with Crippen LogP contribution in [0.2, 0.25) is 0 Å². The maximum Gasteiger partial charge on any atom is 0.256 e. The van der Waals surface area contributed by atoms with Gasteiger partial charge in [0, 0.05) is 31.7 Å². The van der Waals surface area contributed by atoms with Gasteiger partial charge in [-0.05, 0) is 47.9 Å². The highest BCUT2D eigenvalue weighted by atomic mass is 32.2. The summed E-state index contributed by atoms with van der Waals surface area (Å²) in [6.07, 6.45) is 2.39. The topological polar surface area (TPSA) is 91.8 Å². The largest absolute Gasteiger partial charge is 0.378 e. The number of anilines is 2. The number of benzene rings is 2. The highest BCUT2D eigenvalue weighted by Gasteiger charge is 2.28. The Kier molecular flexibility index (Phi) is 6.32. The van der Waals surface area contributed by atoms with Crippen LogP contribution in [-0.4, -0.2) is 56.5 Å². The summed E-state index contributed by atoms with van der Waals surface area (Å²) in [5, 5.41) is 2.76. The van der Waals surface area contributed by atoms with Gasteiger partial charge < -0.3 is 15.0 Å². The molecule has 0 aliphatic carbocycles. The Morgan fingerprint density at radius 1 is 0.941 bits per heavy atom. The quantitative estimate of drug-likeness (QED) is 0.606. The molecule has 3 aromatic rings. The number of carbonyl (C=O) groups is 1. The fraction of sp³-hybridized carbons (Fsp3) is 0.280. The van der Waals surface area contributed by atoms with Gasteiger partial charge in [-0.3, -0.25) is 4.79 Å². The molecule has 1 amide bonds. The number of nitrogens with one attached hydrogen (secondary N) is 1. The van der Waals surface area contributed by atoms with Crippen molar-refractivity contribution in [3.8, 4) is 0 Å². The number of pyridine rings is 1. The minimum atomic E-state index is -3.73. The number of morpholine rings is 1. The van der Waals surface area contributed by atoms with E-state index in [2.05, 4.69) is 15.2 Å². The molecule has 0 atom stereocenters. The van der Waals surface area contributed by atoms with Crippen molar-refractivity contribution in [2.75, 3.05) is 43.1 Å². The first kappa shape index (κ1) is 22.5. The fourth-order valence-corrected chi connectivity index (χ4v) is 5.74. The van der Waals surface area contributed by atoms with E-state index in [0.717, 1.165) is 24.3 Å². The third-order valence-electron chi connectivity index (χ3n) is 6.20. The fourth-order valence-electron chi connectivity index (χ4n) is 4.28. The van der Waals surface area contributed by atoms with Gasteiger partial charge in [-0.1, -0.05) is 30.3 Å². The van der Waals surface area contributed by atoms with Gasteiger partial charge in [0.05, 0.1) is 30.0 Å². The van der Waals surface area contributed by atoms with Crippen LogP contribution in [0.4, 0.5) is 11.5 Å². The average molecular weight is 479 g/mol. The highest BCUT2D eigenvalue weighted by Crippen LogP contribution is 2.25. The molecule has 0 bridgehead atoms. The first-order chi connectivity index (χ1) is 16.5. The number of hydrogen-bond acceptors (Lipinski definition) is 6. The minimum absolute atomic E-state index is 0.107. The second-order valence-corrected chi connectivity index (χ2v) is 10.3. The molecule has 0 unspecified atom stereocenters. The second kappa shape index (κ2) is 9.54. The Morgan fingerprint density at radius 3 is 2.50 bits per heavy atom. The van der Waals surface area contributed by atoms with Gasteiger partial charge in [0.2, 0.25) is 10.0 Å². The Bertz CT molecular complexity index is 1290. The van der Waals surface area contributed by atoms with E-state index in [1.54, 1.807) is 24.4 Å². The molecule has 2 aromatic carbocycles. The molecule has 1 N–H and O–H groups in total. The summed E-state index contributed by atoms with van der Waals surface area (Å²) in [6.45, 7) is 3.71. The maximum atomic E-state index is 13.3.